The van der Waals surface area contributed by atoms with E-state index in [4.69, 9.17) is 0 Å². The van der Waals surface area contributed by atoms with Crippen LogP contribution in [-0.4, -0.2) is 20.4 Å². The molecular weight excluding hydrogens is 276 g/mol. The van der Waals surface area contributed by atoms with E-state index in [1.807, 2.05) is 12.3 Å². The number of hydrogen-bond donors (Lipinski definition) is 2. The molecule has 5 heteroatoms. The summed E-state index contributed by atoms with van der Waals surface area (Å²) in [6, 6.07) is 0.351. The fourth-order valence-electron chi connectivity index (χ4n) is 3.22. The summed E-state index contributed by atoms with van der Waals surface area (Å²) in [4.78, 5) is 20.3. The predicted molar refractivity (Wildman–Crippen MR) is 84.4 cm³/mol. The lowest BCUT2D eigenvalue weighted by atomic mass is 10.00. The van der Waals surface area contributed by atoms with Crippen LogP contribution in [0.2, 0.25) is 0 Å². The lowest BCUT2D eigenvalue weighted by molar-refractivity contribution is 0.0967. The van der Waals surface area contributed by atoms with Crippen LogP contribution in [-0.2, 0) is 6.42 Å². The van der Waals surface area contributed by atoms with Crippen molar-refractivity contribution >= 4 is 5.91 Å². The number of nitrogens with one attached hydrogen (secondary N) is 2. The smallest absolute Gasteiger partial charge is 0.257 e. The summed E-state index contributed by atoms with van der Waals surface area (Å²) in [5.74, 6) is 0.785. The second kappa shape index (κ2) is 5.02. The highest BCUT2D eigenvalue weighted by atomic mass is 16.1. The number of fused-ring (bicyclic) bond motifs is 3. The average molecular weight is 294 g/mol. The largest absolute Gasteiger partial charge is 0.364 e. The van der Waals surface area contributed by atoms with Gasteiger partial charge in [0.05, 0.1) is 11.1 Å². The first kappa shape index (κ1) is 13.1. The normalized spacial score (nSPS) is 19.3. The quantitative estimate of drug-likeness (QED) is 0.894. The molecule has 4 rings (SSSR count). The molecule has 0 bridgehead atoms. The van der Waals surface area contributed by atoms with Gasteiger partial charge in [-0.3, -0.25) is 4.79 Å². The van der Waals surface area contributed by atoms with Crippen molar-refractivity contribution in [3.8, 4) is 11.4 Å². The number of aromatic nitrogens is 3. The van der Waals surface area contributed by atoms with Crippen molar-refractivity contribution in [1.82, 2.24) is 19.9 Å². The highest BCUT2D eigenvalue weighted by Gasteiger charge is 2.28. The van der Waals surface area contributed by atoms with Crippen LogP contribution in [0, 0.1) is 0 Å². The third kappa shape index (κ3) is 2.01. The van der Waals surface area contributed by atoms with E-state index in [9.17, 15) is 4.79 Å². The molecule has 0 aromatic carbocycles. The third-order valence-electron chi connectivity index (χ3n) is 4.33. The summed E-state index contributed by atoms with van der Waals surface area (Å²) in [5, 5.41) is 2.98. The first-order valence-corrected chi connectivity index (χ1v) is 7.65. The van der Waals surface area contributed by atoms with Gasteiger partial charge in [-0.1, -0.05) is 12.2 Å². The monoisotopic (exact) mass is 294 g/mol. The second-order valence-corrected chi connectivity index (χ2v) is 5.86. The van der Waals surface area contributed by atoms with Crippen LogP contribution >= 0.6 is 0 Å². The van der Waals surface area contributed by atoms with Crippen LogP contribution in [0.4, 0.5) is 0 Å². The van der Waals surface area contributed by atoms with Gasteiger partial charge in [-0.15, -0.1) is 0 Å². The van der Waals surface area contributed by atoms with Crippen molar-refractivity contribution in [2.75, 3.05) is 0 Å². The van der Waals surface area contributed by atoms with Crippen molar-refractivity contribution in [2.24, 2.45) is 0 Å². The molecule has 3 heterocycles. The molecule has 1 amide bonds. The summed E-state index contributed by atoms with van der Waals surface area (Å²) in [7, 11) is 0. The number of H-pyrrole nitrogens is 1. The molecule has 1 aliphatic carbocycles. The van der Waals surface area contributed by atoms with Gasteiger partial charge in [0.2, 0.25) is 0 Å². The zero-order valence-corrected chi connectivity index (χ0v) is 12.5. The van der Waals surface area contributed by atoms with Crippen molar-refractivity contribution in [1.29, 1.82) is 0 Å². The molecule has 2 aromatic heterocycles. The molecule has 1 atom stereocenters. The van der Waals surface area contributed by atoms with Gasteiger partial charge in [-0.25, -0.2) is 4.98 Å². The Morgan fingerprint density at radius 3 is 3.18 bits per heavy atom. The number of imidazole rings is 1. The lowest BCUT2D eigenvalue weighted by Gasteiger charge is -2.22. The van der Waals surface area contributed by atoms with E-state index >= 15 is 0 Å². The Labute approximate surface area is 128 Å². The molecule has 2 N–H and O–H groups in total. The van der Waals surface area contributed by atoms with E-state index in [1.165, 1.54) is 0 Å². The number of allylic oxidation sites excluding steroid dienone is 3. The summed E-state index contributed by atoms with van der Waals surface area (Å²) in [6.07, 6.45) is 14.6. The van der Waals surface area contributed by atoms with Crippen molar-refractivity contribution in [3.63, 3.8) is 0 Å². The number of carbonyl (C=O) groups is 1. The van der Waals surface area contributed by atoms with Crippen LogP contribution < -0.4 is 5.32 Å². The van der Waals surface area contributed by atoms with E-state index in [2.05, 4.69) is 38.9 Å². The van der Waals surface area contributed by atoms with Crippen LogP contribution in [0.25, 0.3) is 11.4 Å². The zero-order valence-electron chi connectivity index (χ0n) is 12.5. The Morgan fingerprint density at radius 1 is 1.45 bits per heavy atom. The molecule has 0 saturated carbocycles. The van der Waals surface area contributed by atoms with Gasteiger partial charge in [0.25, 0.3) is 5.91 Å². The number of aromatic amines is 1. The van der Waals surface area contributed by atoms with Gasteiger partial charge in [-0.05, 0) is 25.8 Å². The molecule has 112 valence electrons. The predicted octanol–water partition coefficient (Wildman–Crippen LogP) is 2.96. The van der Waals surface area contributed by atoms with Gasteiger partial charge in [0.1, 0.15) is 5.82 Å². The van der Waals surface area contributed by atoms with Crippen molar-refractivity contribution in [3.05, 3.63) is 53.8 Å². The summed E-state index contributed by atoms with van der Waals surface area (Å²) < 4.78 is 2.13. The van der Waals surface area contributed by atoms with Gasteiger partial charge < -0.3 is 14.9 Å². The zero-order chi connectivity index (χ0) is 15.1. The SMILES string of the molecule is CC1Cc2[nH]cc(C(=O)NC3=CCCC=C3)c2-c2nccn21. The number of carbonyl (C=O) groups excluding carboxylic acids is 1. The third-order valence-corrected chi connectivity index (χ3v) is 4.33. The van der Waals surface area contributed by atoms with E-state index < -0.39 is 0 Å². The number of nitrogens with zero attached hydrogens (tertiary/aromatic N) is 2. The number of hydrogen-bond acceptors (Lipinski definition) is 2. The molecule has 5 nitrogen and oxygen atoms in total. The summed E-state index contributed by atoms with van der Waals surface area (Å²) in [6.45, 7) is 2.16. The van der Waals surface area contributed by atoms with Crippen molar-refractivity contribution in [2.45, 2.75) is 32.2 Å². The molecule has 0 radical (unpaired) electrons. The average Bonchev–Trinajstić information content (AvgIpc) is 3.14. The van der Waals surface area contributed by atoms with E-state index in [0.29, 0.717) is 11.6 Å². The van der Waals surface area contributed by atoms with E-state index in [-0.39, 0.29) is 5.91 Å². The molecule has 0 saturated heterocycles. The van der Waals surface area contributed by atoms with Crippen LogP contribution in [0.1, 0.15) is 41.9 Å². The maximum absolute atomic E-state index is 12.6. The Hall–Kier alpha value is -2.56. The molecule has 1 unspecified atom stereocenters. The van der Waals surface area contributed by atoms with E-state index in [0.717, 1.165) is 42.0 Å². The maximum Gasteiger partial charge on any atom is 0.257 e. The molecule has 2 aliphatic rings. The minimum atomic E-state index is -0.0839. The fourth-order valence-corrected chi connectivity index (χ4v) is 3.22. The Morgan fingerprint density at radius 2 is 2.36 bits per heavy atom. The topological polar surface area (TPSA) is 62.7 Å². The molecule has 0 spiro atoms. The summed E-state index contributed by atoms with van der Waals surface area (Å²) >= 11 is 0. The Kier molecular flexibility index (Phi) is 2.99. The second-order valence-electron chi connectivity index (χ2n) is 5.86. The summed E-state index contributed by atoms with van der Waals surface area (Å²) in [5.41, 5.74) is 3.55. The van der Waals surface area contributed by atoms with Gasteiger partial charge in [0.15, 0.2) is 0 Å². The first-order valence-electron chi connectivity index (χ1n) is 7.65. The van der Waals surface area contributed by atoms with Gasteiger partial charge >= 0.3 is 0 Å². The Bertz CT molecular complexity index is 793. The van der Waals surface area contributed by atoms with Crippen molar-refractivity contribution < 1.29 is 4.79 Å². The molecule has 1 aliphatic heterocycles. The standard InChI is InChI=1S/C17H18N4O/c1-11-9-14-15(16-18-7-8-21(11)16)13(10-19-14)17(22)20-12-5-3-2-4-6-12/h3,5-8,10-11,19H,2,4,9H2,1H3,(H,20,22). The first-order chi connectivity index (χ1) is 10.7. The minimum absolute atomic E-state index is 0.0839. The van der Waals surface area contributed by atoms with E-state index in [1.54, 1.807) is 12.4 Å². The minimum Gasteiger partial charge on any atom is -0.364 e. The highest BCUT2D eigenvalue weighted by Crippen LogP contribution is 2.35. The fraction of sp³-hybridized carbons (Fsp3) is 0.294. The van der Waals surface area contributed by atoms with Crippen LogP contribution in [0.5, 0.6) is 0 Å². The molecular formula is C17H18N4O. The molecule has 0 fully saturated rings. The Balaban J connectivity index is 1.70. The van der Waals surface area contributed by atoms with Crippen LogP contribution in [0.15, 0.2) is 42.5 Å². The van der Waals surface area contributed by atoms with Crippen LogP contribution in [0.3, 0.4) is 0 Å². The highest BCUT2D eigenvalue weighted by molar-refractivity contribution is 6.02. The lowest BCUT2D eigenvalue weighted by Crippen LogP contribution is -2.24. The molecule has 22 heavy (non-hydrogen) atoms. The molecule has 2 aromatic rings. The van der Waals surface area contributed by atoms with Gasteiger partial charge in [0, 0.05) is 42.4 Å². The number of rotatable bonds is 2. The number of amides is 1. The van der Waals surface area contributed by atoms with Gasteiger partial charge in [-0.2, -0.15) is 0 Å². The maximum atomic E-state index is 12.6.